The molecule has 4 aromatic heterocycles. The third-order valence-corrected chi connectivity index (χ3v) is 6.55. The van der Waals surface area contributed by atoms with Crippen LogP contribution >= 0.6 is 34.7 Å². The first-order valence-electron chi connectivity index (χ1n) is 8.74. The molecule has 0 fully saturated rings. The van der Waals surface area contributed by atoms with Gasteiger partial charge in [0, 0.05) is 16.5 Å². The molecule has 150 valence electrons. The van der Waals surface area contributed by atoms with E-state index in [0.717, 1.165) is 5.56 Å². The number of H-pyrrole nitrogens is 1. The van der Waals surface area contributed by atoms with Crippen LogP contribution in [-0.4, -0.2) is 24.8 Å². The second-order valence-corrected chi connectivity index (χ2v) is 8.47. The smallest absolute Gasteiger partial charge is 0.260 e. The zero-order valence-electron chi connectivity index (χ0n) is 15.2. The minimum Gasteiger partial charge on any atom is -0.464 e. The summed E-state index contributed by atoms with van der Waals surface area (Å²) in [5.74, 6) is 8.15. The molecule has 4 heterocycles. The summed E-state index contributed by atoms with van der Waals surface area (Å²) in [5, 5.41) is 11.7. The molecule has 5 rings (SSSR count). The molecule has 0 unspecified atom stereocenters. The normalized spacial score (nSPS) is 11.4. The Morgan fingerprint density at radius 1 is 1.20 bits per heavy atom. The summed E-state index contributed by atoms with van der Waals surface area (Å²) in [4.78, 5) is 20.7. The Labute approximate surface area is 182 Å². The SMILES string of the molecule is Nn1c(SCc2nc3scc(-c4ccco4)c3c(=O)[nH]2)nnc1-c1ccccc1Cl. The number of benzene rings is 1. The van der Waals surface area contributed by atoms with Crippen LogP contribution in [0.2, 0.25) is 5.02 Å². The lowest BCUT2D eigenvalue weighted by Crippen LogP contribution is -2.13. The third-order valence-electron chi connectivity index (χ3n) is 4.40. The third kappa shape index (κ3) is 3.28. The van der Waals surface area contributed by atoms with Crippen molar-refractivity contribution in [3.63, 3.8) is 0 Å². The molecule has 0 aliphatic rings. The number of nitrogens with one attached hydrogen (secondary N) is 1. The van der Waals surface area contributed by atoms with Crippen LogP contribution in [-0.2, 0) is 5.75 Å². The number of hydrogen-bond acceptors (Lipinski definition) is 8. The molecule has 0 aliphatic carbocycles. The number of thioether (sulfide) groups is 1. The van der Waals surface area contributed by atoms with E-state index in [1.807, 2.05) is 29.6 Å². The maximum Gasteiger partial charge on any atom is 0.260 e. The monoisotopic (exact) mass is 456 g/mol. The lowest BCUT2D eigenvalue weighted by molar-refractivity contribution is 0.583. The van der Waals surface area contributed by atoms with Crippen LogP contribution in [0.25, 0.3) is 32.9 Å². The van der Waals surface area contributed by atoms with E-state index >= 15 is 0 Å². The highest BCUT2D eigenvalue weighted by Gasteiger charge is 2.17. The summed E-state index contributed by atoms with van der Waals surface area (Å²) in [6.07, 6.45) is 1.57. The van der Waals surface area contributed by atoms with E-state index in [0.29, 0.717) is 49.1 Å². The van der Waals surface area contributed by atoms with Gasteiger partial charge in [0.1, 0.15) is 16.4 Å². The number of thiophene rings is 1. The van der Waals surface area contributed by atoms with Gasteiger partial charge in [-0.25, -0.2) is 9.66 Å². The first kappa shape index (κ1) is 18.9. The standard InChI is InChI=1S/C19H13ClN6O2S2/c20-12-5-2-1-4-10(12)16-24-25-19(26(16)21)30-9-14-22-17(27)15-11(8-29-18(15)23-14)13-6-3-7-28-13/h1-8H,9,21H2,(H,22,23,27). The van der Waals surface area contributed by atoms with Gasteiger partial charge in [0.05, 0.1) is 22.4 Å². The predicted molar refractivity (Wildman–Crippen MR) is 118 cm³/mol. The molecule has 8 nitrogen and oxygen atoms in total. The van der Waals surface area contributed by atoms with Gasteiger partial charge in [0.15, 0.2) is 5.82 Å². The second-order valence-electron chi connectivity index (χ2n) is 6.26. The maximum atomic E-state index is 12.7. The summed E-state index contributed by atoms with van der Waals surface area (Å²) in [6.45, 7) is 0. The Morgan fingerprint density at radius 3 is 2.87 bits per heavy atom. The first-order valence-corrected chi connectivity index (χ1v) is 11.0. The Bertz CT molecular complexity index is 1410. The van der Waals surface area contributed by atoms with Crippen molar-refractivity contribution in [2.75, 3.05) is 5.84 Å². The van der Waals surface area contributed by atoms with Gasteiger partial charge < -0.3 is 15.2 Å². The Kier molecular flexibility index (Phi) is 4.81. The lowest BCUT2D eigenvalue weighted by Gasteiger charge is -2.05. The molecule has 11 heteroatoms. The molecule has 30 heavy (non-hydrogen) atoms. The summed E-state index contributed by atoms with van der Waals surface area (Å²) >= 11 is 8.94. The van der Waals surface area contributed by atoms with E-state index < -0.39 is 0 Å². The van der Waals surface area contributed by atoms with Gasteiger partial charge in [-0.15, -0.1) is 21.5 Å². The minimum absolute atomic E-state index is 0.214. The highest BCUT2D eigenvalue weighted by molar-refractivity contribution is 7.98. The molecule has 1 aromatic carbocycles. The van der Waals surface area contributed by atoms with Gasteiger partial charge in [-0.1, -0.05) is 35.5 Å². The quantitative estimate of drug-likeness (QED) is 0.301. The fraction of sp³-hybridized carbons (Fsp3) is 0.0526. The molecule has 0 radical (unpaired) electrons. The largest absolute Gasteiger partial charge is 0.464 e. The number of fused-ring (bicyclic) bond motifs is 1. The number of nitrogen functional groups attached to an aromatic ring is 1. The van der Waals surface area contributed by atoms with Crippen molar-refractivity contribution in [1.29, 1.82) is 0 Å². The highest BCUT2D eigenvalue weighted by Crippen LogP contribution is 2.32. The molecular weight excluding hydrogens is 444 g/mol. The van der Waals surface area contributed by atoms with Crippen molar-refractivity contribution in [1.82, 2.24) is 24.8 Å². The average Bonchev–Trinajstić information content (AvgIpc) is 3.47. The Hall–Kier alpha value is -3.08. The van der Waals surface area contributed by atoms with Crippen LogP contribution < -0.4 is 11.4 Å². The Morgan fingerprint density at radius 2 is 2.07 bits per heavy atom. The van der Waals surface area contributed by atoms with Gasteiger partial charge >= 0.3 is 0 Å². The zero-order chi connectivity index (χ0) is 20.7. The minimum atomic E-state index is -0.214. The lowest BCUT2D eigenvalue weighted by atomic mass is 10.2. The van der Waals surface area contributed by atoms with E-state index in [9.17, 15) is 4.79 Å². The summed E-state index contributed by atoms with van der Waals surface area (Å²) in [7, 11) is 0. The molecule has 0 atom stereocenters. The highest BCUT2D eigenvalue weighted by atomic mass is 35.5. The molecule has 3 N–H and O–H groups in total. The van der Waals surface area contributed by atoms with E-state index in [1.54, 1.807) is 18.4 Å². The topological polar surface area (TPSA) is 116 Å². The van der Waals surface area contributed by atoms with Crippen LogP contribution in [0.3, 0.4) is 0 Å². The van der Waals surface area contributed by atoms with Gasteiger partial charge in [-0.3, -0.25) is 4.79 Å². The molecule has 0 saturated carbocycles. The number of furan rings is 1. The van der Waals surface area contributed by atoms with Gasteiger partial charge in [0.25, 0.3) is 5.56 Å². The van der Waals surface area contributed by atoms with Crippen molar-refractivity contribution in [2.45, 2.75) is 10.9 Å². The van der Waals surface area contributed by atoms with Crippen LogP contribution in [0.4, 0.5) is 0 Å². The van der Waals surface area contributed by atoms with Crippen molar-refractivity contribution >= 4 is 44.9 Å². The van der Waals surface area contributed by atoms with E-state index in [1.165, 1.54) is 27.8 Å². The predicted octanol–water partition coefficient (Wildman–Crippen LogP) is 4.16. The van der Waals surface area contributed by atoms with Crippen LogP contribution in [0.5, 0.6) is 0 Å². The second kappa shape index (κ2) is 7.63. The molecule has 0 bridgehead atoms. The number of aromatic nitrogens is 5. The molecule has 0 saturated heterocycles. The van der Waals surface area contributed by atoms with Crippen molar-refractivity contribution in [2.24, 2.45) is 0 Å². The number of aromatic amines is 1. The summed E-state index contributed by atoms with van der Waals surface area (Å²) in [5.41, 5.74) is 1.21. The average molecular weight is 457 g/mol. The van der Waals surface area contributed by atoms with Gasteiger partial charge in [0.2, 0.25) is 5.16 Å². The molecule has 0 amide bonds. The van der Waals surface area contributed by atoms with Crippen molar-refractivity contribution in [3.05, 3.63) is 69.2 Å². The van der Waals surface area contributed by atoms with Crippen molar-refractivity contribution < 1.29 is 4.42 Å². The molecule has 0 aliphatic heterocycles. The van der Waals surface area contributed by atoms with Gasteiger partial charge in [-0.05, 0) is 24.3 Å². The fourth-order valence-electron chi connectivity index (χ4n) is 3.01. The molecular formula is C19H13ClN6O2S2. The zero-order valence-corrected chi connectivity index (χ0v) is 17.6. The molecule has 0 spiro atoms. The number of hydrogen-bond donors (Lipinski definition) is 2. The van der Waals surface area contributed by atoms with Crippen LogP contribution in [0.1, 0.15) is 5.82 Å². The fourth-order valence-corrected chi connectivity index (χ4v) is 4.90. The van der Waals surface area contributed by atoms with E-state index in [2.05, 4.69) is 20.2 Å². The maximum absolute atomic E-state index is 12.7. The number of rotatable bonds is 5. The van der Waals surface area contributed by atoms with Crippen molar-refractivity contribution in [3.8, 4) is 22.7 Å². The van der Waals surface area contributed by atoms with Gasteiger partial charge in [-0.2, -0.15) is 0 Å². The number of nitrogens with zero attached hydrogens (tertiary/aromatic N) is 4. The summed E-state index contributed by atoms with van der Waals surface area (Å²) < 4.78 is 6.80. The number of nitrogens with two attached hydrogens (primary N) is 1. The Balaban J connectivity index is 1.41. The van der Waals surface area contributed by atoms with E-state index in [4.69, 9.17) is 21.9 Å². The first-order chi connectivity index (χ1) is 14.6. The molecule has 5 aromatic rings. The summed E-state index contributed by atoms with van der Waals surface area (Å²) in [6, 6.07) is 10.9. The van der Waals surface area contributed by atoms with E-state index in [-0.39, 0.29) is 5.56 Å². The van der Waals surface area contributed by atoms with Crippen LogP contribution in [0.15, 0.2) is 62.4 Å². The number of halogens is 1. The van der Waals surface area contributed by atoms with Crippen LogP contribution in [0, 0.1) is 0 Å².